The summed E-state index contributed by atoms with van der Waals surface area (Å²) >= 11 is 0. The summed E-state index contributed by atoms with van der Waals surface area (Å²) < 4.78 is 51.4. The molecule has 2 nitrogen and oxygen atoms in total. The monoisotopic (exact) mass is 352 g/mol. The normalized spacial score (nSPS) is 17.9. The van der Waals surface area contributed by atoms with Crippen LogP contribution in [0.25, 0.3) is 0 Å². The van der Waals surface area contributed by atoms with Gasteiger partial charge in [-0.25, -0.2) is 4.39 Å². The first kappa shape index (κ1) is 16.9. The number of alkyl halides is 3. The molecule has 0 amide bonds. The zero-order valence-corrected chi connectivity index (χ0v) is 12.1. The number of nitriles is 1. The molecule has 1 heterocycles. The van der Waals surface area contributed by atoms with Crippen molar-refractivity contribution >= 4 is 17.0 Å². The third kappa shape index (κ3) is 3.30. The maximum atomic E-state index is 13.4. The first-order chi connectivity index (χ1) is 8.87. The van der Waals surface area contributed by atoms with Crippen LogP contribution in [0, 0.1) is 17.1 Å². The minimum atomic E-state index is -4.61. The minimum Gasteiger partial charge on any atom is -0.317 e. The lowest BCUT2D eigenvalue weighted by molar-refractivity contribution is -0.137. The minimum absolute atomic E-state index is 0. The molecule has 0 aliphatic carbocycles. The Kier molecular flexibility index (Phi) is 5.16. The van der Waals surface area contributed by atoms with Crippen molar-refractivity contribution in [2.75, 3.05) is 13.1 Å². The maximum absolute atomic E-state index is 13.4. The number of hydrogen-bond acceptors (Lipinski definition) is 2. The topological polar surface area (TPSA) is 35.8 Å². The van der Waals surface area contributed by atoms with E-state index in [4.69, 9.17) is 0 Å². The number of nitrogens with one attached hydrogen (secondary N) is 1. The Bertz CT molecular complexity index is 516. The van der Waals surface area contributed by atoms with Crippen molar-refractivity contribution < 1.29 is 17.6 Å². The second kappa shape index (κ2) is 6.10. The van der Waals surface area contributed by atoms with Gasteiger partial charge in [-0.2, -0.15) is 18.4 Å². The van der Waals surface area contributed by atoms with Crippen molar-refractivity contribution in [3.05, 3.63) is 35.1 Å². The van der Waals surface area contributed by atoms with E-state index in [0.29, 0.717) is 32.0 Å². The number of halogens is 5. The highest BCUT2D eigenvalue weighted by molar-refractivity contribution is 8.93. The molecule has 0 aromatic heterocycles. The second-order valence-electron chi connectivity index (χ2n) is 4.67. The number of nitrogens with zero attached hydrogens (tertiary/aromatic N) is 1. The Labute approximate surface area is 124 Å². The molecule has 1 N–H and O–H groups in total. The van der Waals surface area contributed by atoms with E-state index in [-0.39, 0.29) is 22.5 Å². The Morgan fingerprint density at radius 2 is 1.75 bits per heavy atom. The third-order valence-corrected chi connectivity index (χ3v) is 3.45. The summed E-state index contributed by atoms with van der Waals surface area (Å²) in [4.78, 5) is 0. The molecule has 0 atom stereocenters. The molecule has 0 bridgehead atoms. The van der Waals surface area contributed by atoms with Crippen molar-refractivity contribution in [3.63, 3.8) is 0 Å². The Balaban J connectivity index is 0.00000200. The molecule has 0 unspecified atom stereocenters. The zero-order valence-electron chi connectivity index (χ0n) is 10.4. The van der Waals surface area contributed by atoms with Crippen molar-refractivity contribution in [3.8, 4) is 6.07 Å². The van der Waals surface area contributed by atoms with Crippen LogP contribution >= 0.6 is 17.0 Å². The van der Waals surface area contributed by atoms with Crippen molar-refractivity contribution in [2.24, 2.45) is 0 Å². The van der Waals surface area contributed by atoms with Crippen LogP contribution in [0.5, 0.6) is 0 Å². The average Bonchev–Trinajstić information content (AvgIpc) is 2.38. The lowest BCUT2D eigenvalue weighted by Gasteiger charge is -2.32. The lowest BCUT2D eigenvalue weighted by atomic mass is 9.74. The van der Waals surface area contributed by atoms with E-state index in [1.165, 1.54) is 0 Å². The molecule has 1 aliphatic rings. The highest BCUT2D eigenvalue weighted by Gasteiger charge is 2.38. The Morgan fingerprint density at radius 3 is 2.25 bits per heavy atom. The molecular weight excluding hydrogens is 340 g/mol. The summed E-state index contributed by atoms with van der Waals surface area (Å²) in [5.41, 5.74) is -1.97. The molecule has 110 valence electrons. The predicted molar refractivity (Wildman–Crippen MR) is 71.1 cm³/mol. The van der Waals surface area contributed by atoms with Crippen LogP contribution in [0.15, 0.2) is 18.2 Å². The van der Waals surface area contributed by atoms with Gasteiger partial charge in [0, 0.05) is 0 Å². The van der Waals surface area contributed by atoms with Crippen LogP contribution in [-0.2, 0) is 11.6 Å². The fourth-order valence-electron chi connectivity index (χ4n) is 2.35. The molecule has 1 saturated heterocycles. The second-order valence-corrected chi connectivity index (χ2v) is 4.67. The molecule has 0 spiro atoms. The first-order valence-electron chi connectivity index (χ1n) is 5.88. The summed E-state index contributed by atoms with van der Waals surface area (Å²) in [6, 6.07) is 4.44. The van der Waals surface area contributed by atoms with Gasteiger partial charge in [-0.1, -0.05) is 0 Å². The SMILES string of the molecule is Br.N#CC1(c2cc(F)cc(C(F)(F)F)c2)CCNCC1. The van der Waals surface area contributed by atoms with E-state index < -0.39 is 23.0 Å². The smallest absolute Gasteiger partial charge is 0.317 e. The standard InChI is InChI=1S/C13H12F4N2.BrH/c14-11-6-9(5-10(7-11)13(15,16)17)12(8-18)1-3-19-4-2-12;/h5-7,19H,1-4H2;1H. The highest BCUT2D eigenvalue weighted by atomic mass is 79.9. The molecule has 7 heteroatoms. The largest absolute Gasteiger partial charge is 0.416 e. The van der Waals surface area contributed by atoms with Gasteiger partial charge < -0.3 is 5.32 Å². The van der Waals surface area contributed by atoms with Crippen LogP contribution in [-0.4, -0.2) is 13.1 Å². The van der Waals surface area contributed by atoms with Gasteiger partial charge >= 0.3 is 6.18 Å². The number of hydrogen-bond donors (Lipinski definition) is 1. The summed E-state index contributed by atoms with van der Waals surface area (Å²) in [6.45, 7) is 1.07. The average molecular weight is 353 g/mol. The van der Waals surface area contributed by atoms with Gasteiger partial charge in [0.05, 0.1) is 17.0 Å². The van der Waals surface area contributed by atoms with E-state index >= 15 is 0 Å². The Hall–Kier alpha value is -1.13. The van der Waals surface area contributed by atoms with Crippen LogP contribution in [0.1, 0.15) is 24.0 Å². The highest BCUT2D eigenvalue weighted by Crippen LogP contribution is 2.37. The fourth-order valence-corrected chi connectivity index (χ4v) is 2.35. The Morgan fingerprint density at radius 1 is 1.15 bits per heavy atom. The number of benzene rings is 1. The van der Waals surface area contributed by atoms with Crippen LogP contribution in [0.4, 0.5) is 17.6 Å². The van der Waals surface area contributed by atoms with E-state index in [0.717, 1.165) is 12.1 Å². The van der Waals surface area contributed by atoms with E-state index in [9.17, 15) is 22.8 Å². The van der Waals surface area contributed by atoms with E-state index in [2.05, 4.69) is 11.4 Å². The van der Waals surface area contributed by atoms with E-state index in [1.54, 1.807) is 0 Å². The van der Waals surface area contributed by atoms with Gasteiger partial charge in [0.1, 0.15) is 5.82 Å². The summed E-state index contributed by atoms with van der Waals surface area (Å²) in [5, 5.41) is 12.3. The molecule has 1 fully saturated rings. The first-order valence-corrected chi connectivity index (χ1v) is 5.88. The van der Waals surface area contributed by atoms with Crippen molar-refractivity contribution in [2.45, 2.75) is 24.4 Å². The summed E-state index contributed by atoms with van der Waals surface area (Å²) in [7, 11) is 0. The van der Waals surface area contributed by atoms with Crippen LogP contribution in [0.3, 0.4) is 0 Å². The number of rotatable bonds is 1. The maximum Gasteiger partial charge on any atom is 0.416 e. The molecular formula is C13H13BrF4N2. The molecule has 1 aromatic carbocycles. The van der Waals surface area contributed by atoms with Crippen LogP contribution < -0.4 is 5.32 Å². The predicted octanol–water partition coefficient (Wildman–Crippen LogP) is 3.57. The third-order valence-electron chi connectivity index (χ3n) is 3.45. The van der Waals surface area contributed by atoms with Gasteiger partial charge in [0.25, 0.3) is 0 Å². The molecule has 1 aliphatic heterocycles. The van der Waals surface area contributed by atoms with Crippen molar-refractivity contribution in [1.82, 2.24) is 5.32 Å². The molecule has 0 radical (unpaired) electrons. The summed E-state index contributed by atoms with van der Waals surface area (Å²) in [5.74, 6) is -0.960. The number of piperidine rings is 1. The summed E-state index contributed by atoms with van der Waals surface area (Å²) in [6.07, 6.45) is -3.85. The molecule has 1 aromatic rings. The van der Waals surface area contributed by atoms with Gasteiger partial charge in [0.2, 0.25) is 0 Å². The quantitative estimate of drug-likeness (QED) is 0.784. The zero-order chi connectivity index (χ0) is 14.1. The van der Waals surface area contributed by atoms with Crippen LogP contribution in [0.2, 0.25) is 0 Å². The molecule has 2 rings (SSSR count). The fraction of sp³-hybridized carbons (Fsp3) is 0.462. The molecule has 0 saturated carbocycles. The van der Waals surface area contributed by atoms with E-state index in [1.807, 2.05) is 0 Å². The lowest BCUT2D eigenvalue weighted by Crippen LogP contribution is -2.39. The van der Waals surface area contributed by atoms with Crippen molar-refractivity contribution in [1.29, 1.82) is 5.26 Å². The van der Waals surface area contributed by atoms with Gasteiger partial charge in [-0.3, -0.25) is 0 Å². The van der Waals surface area contributed by atoms with Gasteiger partial charge in [-0.05, 0) is 49.7 Å². The molecule has 20 heavy (non-hydrogen) atoms. The van der Waals surface area contributed by atoms with Gasteiger partial charge in [0.15, 0.2) is 0 Å². The van der Waals surface area contributed by atoms with Gasteiger partial charge in [-0.15, -0.1) is 17.0 Å².